The van der Waals surface area contributed by atoms with Gasteiger partial charge in [0.15, 0.2) is 0 Å². The van der Waals surface area contributed by atoms with Crippen molar-refractivity contribution in [2.75, 3.05) is 23.7 Å². The van der Waals surface area contributed by atoms with Crippen molar-refractivity contribution in [3.8, 4) is 0 Å². The van der Waals surface area contributed by atoms with Crippen LogP contribution in [0, 0.1) is 11.3 Å². The molecule has 0 fully saturated rings. The van der Waals surface area contributed by atoms with E-state index in [1.165, 1.54) is 37.1 Å². The molecule has 0 aliphatic carbocycles. The van der Waals surface area contributed by atoms with E-state index < -0.39 is 0 Å². The maximum Gasteiger partial charge on any atom is 0.0399 e. The monoisotopic (exact) mass is 277 g/mol. The van der Waals surface area contributed by atoms with Crippen LogP contribution in [0.25, 0.3) is 0 Å². The summed E-state index contributed by atoms with van der Waals surface area (Å²) in [6.07, 6.45) is 3.64. The predicted molar refractivity (Wildman–Crippen MR) is 88.4 cm³/mol. The third-order valence-electron chi connectivity index (χ3n) is 4.79. The smallest absolute Gasteiger partial charge is 0.0399 e. The van der Waals surface area contributed by atoms with E-state index in [4.69, 9.17) is 0 Å². The average Bonchev–Trinajstić information content (AvgIpc) is 2.44. The van der Waals surface area contributed by atoms with Crippen molar-refractivity contribution in [3.63, 3.8) is 0 Å². The van der Waals surface area contributed by atoms with E-state index in [2.05, 4.69) is 62.6 Å². The molecule has 19 heavy (non-hydrogen) atoms. The second-order valence-corrected chi connectivity index (χ2v) is 6.50. The van der Waals surface area contributed by atoms with Crippen LogP contribution in [0.4, 0.5) is 5.69 Å². The molecule has 0 amide bonds. The molecule has 2 rings (SSSR count). The molecule has 1 aromatic rings. The van der Waals surface area contributed by atoms with E-state index in [9.17, 15) is 0 Å². The quantitative estimate of drug-likeness (QED) is 0.780. The molecule has 2 heteroatoms. The van der Waals surface area contributed by atoms with Crippen LogP contribution >= 0.6 is 12.6 Å². The third-order valence-corrected chi connectivity index (χ3v) is 5.47. The second kappa shape index (κ2) is 6.21. The van der Waals surface area contributed by atoms with E-state index in [0.717, 1.165) is 18.2 Å². The molecule has 0 N–H and O–H groups in total. The molecule has 1 aliphatic heterocycles. The van der Waals surface area contributed by atoms with Gasteiger partial charge in [0.2, 0.25) is 0 Å². The lowest BCUT2D eigenvalue weighted by Gasteiger charge is -2.42. The van der Waals surface area contributed by atoms with Crippen LogP contribution in [0.15, 0.2) is 24.3 Å². The van der Waals surface area contributed by atoms with Gasteiger partial charge in [0, 0.05) is 18.8 Å². The summed E-state index contributed by atoms with van der Waals surface area (Å²) in [5.74, 6) is 1.73. The Balaban J connectivity index is 2.25. The number of hydrogen-bond acceptors (Lipinski definition) is 2. The number of benzene rings is 1. The molecule has 0 saturated heterocycles. The van der Waals surface area contributed by atoms with Crippen LogP contribution in [0.3, 0.4) is 0 Å². The van der Waals surface area contributed by atoms with Crippen molar-refractivity contribution in [1.29, 1.82) is 0 Å². The lowest BCUT2D eigenvalue weighted by atomic mass is 9.82. The Bertz CT molecular complexity index is 403. The van der Waals surface area contributed by atoms with Gasteiger partial charge in [0.25, 0.3) is 0 Å². The number of thiol groups is 1. The molecule has 1 heterocycles. The Hall–Kier alpha value is -0.630. The van der Waals surface area contributed by atoms with Gasteiger partial charge in [-0.15, -0.1) is 0 Å². The Morgan fingerprint density at radius 2 is 1.95 bits per heavy atom. The average molecular weight is 277 g/mol. The van der Waals surface area contributed by atoms with Crippen LogP contribution in [0.1, 0.15) is 39.2 Å². The summed E-state index contributed by atoms with van der Waals surface area (Å²) in [7, 11) is 0. The van der Waals surface area contributed by atoms with Crippen LogP contribution in [0.5, 0.6) is 0 Å². The van der Waals surface area contributed by atoms with Gasteiger partial charge in [-0.05, 0) is 48.0 Å². The first kappa shape index (κ1) is 14.8. The Morgan fingerprint density at radius 3 is 2.58 bits per heavy atom. The number of fused-ring (bicyclic) bond motifs is 1. The topological polar surface area (TPSA) is 3.24 Å². The lowest BCUT2D eigenvalue weighted by molar-refractivity contribution is 0.302. The molecular formula is C17H27NS. The van der Waals surface area contributed by atoms with E-state index in [1.807, 2.05) is 0 Å². The molecule has 0 bridgehead atoms. The predicted octanol–water partition coefficient (Wildman–Crippen LogP) is 4.42. The van der Waals surface area contributed by atoms with Crippen molar-refractivity contribution < 1.29 is 0 Å². The highest BCUT2D eigenvalue weighted by Gasteiger charge is 2.30. The summed E-state index contributed by atoms with van der Waals surface area (Å²) in [6, 6.07) is 8.91. The molecule has 0 radical (unpaired) electrons. The fraction of sp³-hybridized carbons (Fsp3) is 0.647. The first-order chi connectivity index (χ1) is 9.14. The van der Waals surface area contributed by atoms with Crippen molar-refractivity contribution in [2.24, 2.45) is 11.3 Å². The number of rotatable bonds is 5. The highest BCUT2D eigenvalue weighted by Crippen LogP contribution is 2.35. The number of nitrogens with zero attached hydrogens (tertiary/aromatic N) is 1. The van der Waals surface area contributed by atoms with E-state index in [0.29, 0.717) is 5.41 Å². The van der Waals surface area contributed by atoms with Crippen molar-refractivity contribution in [2.45, 2.75) is 40.0 Å². The van der Waals surface area contributed by atoms with E-state index in [-0.39, 0.29) is 0 Å². The number of hydrogen-bond donors (Lipinski definition) is 1. The highest BCUT2D eigenvalue weighted by molar-refractivity contribution is 7.80. The van der Waals surface area contributed by atoms with Gasteiger partial charge in [0.05, 0.1) is 0 Å². The van der Waals surface area contributed by atoms with Crippen molar-refractivity contribution >= 4 is 18.3 Å². The van der Waals surface area contributed by atoms with Gasteiger partial charge >= 0.3 is 0 Å². The Kier molecular flexibility index (Phi) is 4.83. The maximum absolute atomic E-state index is 4.63. The van der Waals surface area contributed by atoms with Crippen molar-refractivity contribution in [3.05, 3.63) is 29.8 Å². The minimum atomic E-state index is 0.354. The molecule has 1 atom stereocenters. The summed E-state index contributed by atoms with van der Waals surface area (Å²) in [6.45, 7) is 9.30. The van der Waals surface area contributed by atoms with Crippen LogP contribution in [-0.2, 0) is 6.42 Å². The van der Waals surface area contributed by atoms with Gasteiger partial charge in [-0.3, -0.25) is 0 Å². The van der Waals surface area contributed by atoms with Gasteiger partial charge in [-0.2, -0.15) is 12.6 Å². The molecule has 1 aliphatic rings. The molecule has 1 nitrogen and oxygen atoms in total. The van der Waals surface area contributed by atoms with Crippen LogP contribution < -0.4 is 4.90 Å². The molecular weight excluding hydrogens is 250 g/mol. The Morgan fingerprint density at radius 1 is 1.26 bits per heavy atom. The van der Waals surface area contributed by atoms with Gasteiger partial charge in [0.1, 0.15) is 0 Å². The first-order valence-electron chi connectivity index (χ1n) is 7.58. The molecule has 1 unspecified atom stereocenters. The van der Waals surface area contributed by atoms with E-state index >= 15 is 0 Å². The third kappa shape index (κ3) is 3.10. The van der Waals surface area contributed by atoms with Crippen molar-refractivity contribution in [1.82, 2.24) is 0 Å². The lowest BCUT2D eigenvalue weighted by Crippen LogP contribution is -2.43. The van der Waals surface area contributed by atoms with Gasteiger partial charge in [-0.25, -0.2) is 0 Å². The molecule has 106 valence electrons. The summed E-state index contributed by atoms with van der Waals surface area (Å²) >= 11 is 4.63. The van der Waals surface area contributed by atoms with Gasteiger partial charge < -0.3 is 4.90 Å². The molecule has 0 saturated carbocycles. The second-order valence-electron chi connectivity index (χ2n) is 6.18. The molecule has 0 aromatic heterocycles. The first-order valence-corrected chi connectivity index (χ1v) is 8.21. The highest BCUT2D eigenvalue weighted by atomic mass is 32.1. The number of para-hydroxylation sites is 1. The molecule has 1 aromatic carbocycles. The zero-order valence-corrected chi connectivity index (χ0v) is 13.4. The standard InChI is InChI=1S/C17H27NS/c1-4-17(5-2,13-19)12-18-11-14(3)10-15-8-6-7-9-16(15)18/h6-9,14,19H,4-5,10-13H2,1-3H3. The summed E-state index contributed by atoms with van der Waals surface area (Å²) in [5, 5.41) is 0. The normalized spacial score (nSPS) is 19.4. The van der Waals surface area contributed by atoms with Crippen LogP contribution in [0.2, 0.25) is 0 Å². The zero-order chi connectivity index (χ0) is 13.9. The van der Waals surface area contributed by atoms with Gasteiger partial charge in [-0.1, -0.05) is 39.0 Å². The zero-order valence-electron chi connectivity index (χ0n) is 12.5. The minimum Gasteiger partial charge on any atom is -0.370 e. The Labute approximate surface area is 123 Å². The summed E-state index contributed by atoms with van der Waals surface area (Å²) in [5.41, 5.74) is 3.32. The largest absolute Gasteiger partial charge is 0.370 e. The molecule has 0 spiro atoms. The SMILES string of the molecule is CCC(CC)(CS)CN1CC(C)Cc2ccccc21. The number of anilines is 1. The maximum atomic E-state index is 4.63. The fourth-order valence-corrected chi connectivity index (χ4v) is 3.76. The summed E-state index contributed by atoms with van der Waals surface area (Å²) < 4.78 is 0. The summed E-state index contributed by atoms with van der Waals surface area (Å²) in [4.78, 5) is 2.60. The minimum absolute atomic E-state index is 0.354. The van der Waals surface area contributed by atoms with E-state index in [1.54, 1.807) is 0 Å². The van der Waals surface area contributed by atoms with Crippen LogP contribution in [-0.4, -0.2) is 18.8 Å². The fourth-order valence-electron chi connectivity index (χ4n) is 3.21.